The zero-order chi connectivity index (χ0) is 17.1. The van der Waals surface area contributed by atoms with Gasteiger partial charge in [0.2, 0.25) is 6.10 Å². The Morgan fingerprint density at radius 1 is 1.25 bits per heavy atom. The Morgan fingerprint density at radius 3 is 2.83 bits per heavy atom. The summed E-state index contributed by atoms with van der Waals surface area (Å²) in [5.41, 5.74) is 1.58. The molecule has 1 heterocycles. The number of esters is 2. The molecule has 0 fully saturated rings. The highest BCUT2D eigenvalue weighted by molar-refractivity contribution is 5.94. The van der Waals surface area contributed by atoms with Gasteiger partial charge in [-0.25, -0.2) is 9.59 Å². The molecule has 0 aliphatic carbocycles. The molecule has 1 aliphatic heterocycles. The van der Waals surface area contributed by atoms with Gasteiger partial charge in [-0.3, -0.25) is 10.1 Å². The van der Waals surface area contributed by atoms with E-state index in [1.54, 1.807) is 30.3 Å². The number of cyclic esters (lactones) is 1. The molecule has 122 valence electrons. The van der Waals surface area contributed by atoms with Crippen molar-refractivity contribution in [3.05, 3.63) is 75.3 Å². The van der Waals surface area contributed by atoms with E-state index in [9.17, 15) is 19.7 Å². The first-order valence-corrected chi connectivity index (χ1v) is 7.23. The van der Waals surface area contributed by atoms with Gasteiger partial charge < -0.3 is 9.47 Å². The molecule has 0 radical (unpaired) electrons. The van der Waals surface area contributed by atoms with Gasteiger partial charge in [-0.05, 0) is 17.2 Å². The fourth-order valence-electron chi connectivity index (χ4n) is 2.47. The maximum absolute atomic E-state index is 12.1. The van der Waals surface area contributed by atoms with Gasteiger partial charge in [-0.1, -0.05) is 30.3 Å². The fraction of sp³-hybridized carbons (Fsp3) is 0.176. The Labute approximate surface area is 137 Å². The maximum atomic E-state index is 12.1. The first kappa shape index (κ1) is 15.7. The number of nitrogens with zero attached hydrogens (tertiary/aromatic N) is 1. The van der Waals surface area contributed by atoms with E-state index >= 15 is 0 Å². The lowest BCUT2D eigenvalue weighted by molar-refractivity contribution is -0.384. The second kappa shape index (κ2) is 6.49. The normalized spacial score (nSPS) is 16.0. The molecule has 3 rings (SSSR count). The van der Waals surface area contributed by atoms with Crippen molar-refractivity contribution in [2.24, 2.45) is 0 Å². The van der Waals surface area contributed by atoms with Gasteiger partial charge >= 0.3 is 11.9 Å². The summed E-state index contributed by atoms with van der Waals surface area (Å²) in [4.78, 5) is 34.2. The van der Waals surface area contributed by atoms with Gasteiger partial charge in [0.1, 0.15) is 6.61 Å². The minimum Gasteiger partial charge on any atom is -0.458 e. The van der Waals surface area contributed by atoms with Crippen LogP contribution in [-0.4, -0.2) is 23.0 Å². The van der Waals surface area contributed by atoms with Crippen LogP contribution in [0.25, 0.3) is 0 Å². The molecular formula is C17H13NO6. The lowest BCUT2D eigenvalue weighted by atomic mass is 9.99. The summed E-state index contributed by atoms with van der Waals surface area (Å²) in [6.07, 6.45) is -0.763. The van der Waals surface area contributed by atoms with Gasteiger partial charge in [-0.15, -0.1) is 0 Å². The van der Waals surface area contributed by atoms with Crippen LogP contribution in [0, 0.1) is 10.1 Å². The SMILES string of the molecule is O=C1OC(C(=O)OCc2cccc([N+](=O)[O-])c2)Cc2ccccc21. The van der Waals surface area contributed by atoms with Crippen molar-refractivity contribution >= 4 is 17.6 Å². The van der Waals surface area contributed by atoms with Crippen molar-refractivity contribution in [2.45, 2.75) is 19.1 Å². The quantitative estimate of drug-likeness (QED) is 0.486. The summed E-state index contributed by atoms with van der Waals surface area (Å²) >= 11 is 0. The number of nitro groups is 1. The fourth-order valence-corrected chi connectivity index (χ4v) is 2.47. The number of carbonyl (C=O) groups is 2. The summed E-state index contributed by atoms with van der Waals surface area (Å²) in [6, 6.07) is 12.7. The molecule has 0 spiro atoms. The molecule has 7 heteroatoms. The standard InChI is InChI=1S/C17H13NO6/c19-16-14-7-2-1-5-12(14)9-15(24-16)17(20)23-10-11-4-3-6-13(8-11)18(21)22/h1-8,15H,9-10H2. The van der Waals surface area contributed by atoms with E-state index < -0.39 is 23.0 Å². The van der Waals surface area contributed by atoms with E-state index in [2.05, 4.69) is 0 Å². The van der Waals surface area contributed by atoms with E-state index in [1.165, 1.54) is 18.2 Å². The third-order valence-corrected chi connectivity index (χ3v) is 3.66. The Kier molecular flexibility index (Phi) is 4.24. The zero-order valence-electron chi connectivity index (χ0n) is 12.5. The number of rotatable bonds is 4. The van der Waals surface area contributed by atoms with E-state index in [1.807, 2.05) is 0 Å². The smallest absolute Gasteiger partial charge is 0.348 e. The molecule has 0 aromatic heterocycles. The molecule has 1 atom stereocenters. The second-order valence-electron chi connectivity index (χ2n) is 5.29. The molecule has 2 aromatic carbocycles. The summed E-state index contributed by atoms with van der Waals surface area (Å²) < 4.78 is 10.2. The van der Waals surface area contributed by atoms with Gasteiger partial charge in [0.25, 0.3) is 5.69 Å². The van der Waals surface area contributed by atoms with Crippen LogP contribution < -0.4 is 0 Å². The van der Waals surface area contributed by atoms with Crippen molar-refractivity contribution in [1.29, 1.82) is 0 Å². The zero-order valence-corrected chi connectivity index (χ0v) is 12.5. The average molecular weight is 327 g/mol. The number of non-ortho nitro benzene ring substituents is 1. The van der Waals surface area contributed by atoms with Gasteiger partial charge in [0, 0.05) is 18.6 Å². The van der Waals surface area contributed by atoms with Crippen LogP contribution in [0.2, 0.25) is 0 Å². The van der Waals surface area contributed by atoms with Crippen LogP contribution >= 0.6 is 0 Å². The Hall–Kier alpha value is -3.22. The maximum Gasteiger partial charge on any atom is 0.348 e. The van der Waals surface area contributed by atoms with Crippen LogP contribution in [0.5, 0.6) is 0 Å². The summed E-state index contributed by atoms with van der Waals surface area (Å²) in [5, 5.41) is 10.7. The Bertz CT molecular complexity index is 816. The minimum atomic E-state index is -1.01. The van der Waals surface area contributed by atoms with Crippen LogP contribution in [0.15, 0.2) is 48.5 Å². The van der Waals surface area contributed by atoms with Crippen molar-refractivity contribution in [2.75, 3.05) is 0 Å². The number of fused-ring (bicyclic) bond motifs is 1. The average Bonchev–Trinajstić information content (AvgIpc) is 2.60. The topological polar surface area (TPSA) is 95.7 Å². The molecule has 24 heavy (non-hydrogen) atoms. The number of benzene rings is 2. The van der Waals surface area contributed by atoms with E-state index in [0.717, 1.165) is 5.56 Å². The van der Waals surface area contributed by atoms with Crippen LogP contribution in [-0.2, 0) is 27.3 Å². The molecule has 0 saturated heterocycles. The Balaban J connectivity index is 1.65. The molecule has 0 saturated carbocycles. The minimum absolute atomic E-state index is 0.0819. The summed E-state index contributed by atoms with van der Waals surface area (Å²) in [6.45, 7) is -0.129. The van der Waals surface area contributed by atoms with Crippen molar-refractivity contribution in [1.82, 2.24) is 0 Å². The van der Waals surface area contributed by atoms with Crippen LogP contribution in [0.3, 0.4) is 0 Å². The first-order valence-electron chi connectivity index (χ1n) is 7.23. The van der Waals surface area contributed by atoms with E-state index in [-0.39, 0.29) is 18.7 Å². The van der Waals surface area contributed by atoms with Crippen molar-refractivity contribution in [3.63, 3.8) is 0 Å². The molecule has 1 unspecified atom stereocenters. The molecule has 7 nitrogen and oxygen atoms in total. The molecule has 2 aromatic rings. The second-order valence-corrected chi connectivity index (χ2v) is 5.29. The van der Waals surface area contributed by atoms with Crippen molar-refractivity contribution < 1.29 is 24.0 Å². The molecule has 1 aliphatic rings. The highest BCUT2D eigenvalue weighted by Gasteiger charge is 2.32. The molecule has 0 bridgehead atoms. The highest BCUT2D eigenvalue weighted by Crippen LogP contribution is 2.21. The first-order chi connectivity index (χ1) is 11.5. The number of nitro benzene ring substituents is 1. The molecule has 0 N–H and O–H groups in total. The highest BCUT2D eigenvalue weighted by atomic mass is 16.6. The predicted octanol–water partition coefficient (Wildman–Crippen LogP) is 2.42. The summed E-state index contributed by atoms with van der Waals surface area (Å²) in [5.74, 6) is -1.24. The lowest BCUT2D eigenvalue weighted by Crippen LogP contribution is -2.35. The number of hydrogen-bond acceptors (Lipinski definition) is 6. The van der Waals surface area contributed by atoms with Gasteiger partial charge in [0.05, 0.1) is 10.5 Å². The number of carbonyl (C=O) groups excluding carboxylic acids is 2. The van der Waals surface area contributed by atoms with Gasteiger partial charge in [-0.2, -0.15) is 0 Å². The van der Waals surface area contributed by atoms with Crippen molar-refractivity contribution in [3.8, 4) is 0 Å². The van der Waals surface area contributed by atoms with Gasteiger partial charge in [0.15, 0.2) is 0 Å². The molecule has 0 amide bonds. The Morgan fingerprint density at radius 2 is 2.04 bits per heavy atom. The van der Waals surface area contributed by atoms with Crippen LogP contribution in [0.4, 0.5) is 5.69 Å². The third kappa shape index (κ3) is 3.24. The third-order valence-electron chi connectivity index (χ3n) is 3.66. The molecular weight excluding hydrogens is 314 g/mol. The largest absolute Gasteiger partial charge is 0.458 e. The summed E-state index contributed by atoms with van der Waals surface area (Å²) in [7, 11) is 0. The van der Waals surface area contributed by atoms with E-state index in [0.29, 0.717) is 11.1 Å². The number of ether oxygens (including phenoxy) is 2. The predicted molar refractivity (Wildman–Crippen MR) is 82.2 cm³/mol. The monoisotopic (exact) mass is 327 g/mol. The lowest BCUT2D eigenvalue weighted by Gasteiger charge is -2.23. The van der Waals surface area contributed by atoms with E-state index in [4.69, 9.17) is 9.47 Å². The van der Waals surface area contributed by atoms with Crippen LogP contribution in [0.1, 0.15) is 21.5 Å². The number of hydrogen-bond donors (Lipinski definition) is 0.